The van der Waals surface area contributed by atoms with Crippen molar-refractivity contribution in [3.8, 4) is 28.1 Å². The second-order valence-electron chi connectivity index (χ2n) is 8.46. The second-order valence-corrected chi connectivity index (χ2v) is 8.46. The van der Waals surface area contributed by atoms with Crippen LogP contribution in [0.4, 0.5) is 4.39 Å². The van der Waals surface area contributed by atoms with Gasteiger partial charge in [-0.3, -0.25) is 5.10 Å². The third-order valence-corrected chi connectivity index (χ3v) is 6.00. The number of fused-ring (bicyclic) bond motifs is 2. The van der Waals surface area contributed by atoms with Crippen molar-refractivity contribution in [1.82, 2.24) is 15.2 Å². The zero-order valence-electron chi connectivity index (χ0n) is 18.9. The van der Waals surface area contributed by atoms with Gasteiger partial charge >= 0.3 is 5.97 Å². The molecule has 0 amide bonds. The van der Waals surface area contributed by atoms with Crippen LogP contribution in [-0.2, 0) is 0 Å². The number of hydrogen-bond donors (Lipinski definition) is 2. The molecule has 6 nitrogen and oxygen atoms in total. The number of pyridine rings is 1. The Bertz CT molecular complexity index is 1560. The van der Waals surface area contributed by atoms with Gasteiger partial charge in [-0.25, -0.2) is 14.2 Å². The quantitative estimate of drug-likeness (QED) is 0.319. The molecule has 3 aromatic carbocycles. The number of benzene rings is 3. The molecule has 0 radical (unpaired) electrons. The minimum Gasteiger partial charge on any atom is -0.496 e. The van der Waals surface area contributed by atoms with E-state index in [9.17, 15) is 14.3 Å². The number of nitrogens with zero attached hydrogens (tertiary/aromatic N) is 2. The van der Waals surface area contributed by atoms with Crippen LogP contribution in [0.15, 0.2) is 60.8 Å². The molecule has 2 heterocycles. The van der Waals surface area contributed by atoms with Gasteiger partial charge in [-0.05, 0) is 65.1 Å². The van der Waals surface area contributed by atoms with E-state index in [2.05, 4.69) is 24.0 Å². The fourth-order valence-corrected chi connectivity index (χ4v) is 4.43. The smallest absolute Gasteiger partial charge is 0.335 e. The average Bonchev–Trinajstić information content (AvgIpc) is 3.28. The van der Waals surface area contributed by atoms with Gasteiger partial charge in [0.15, 0.2) is 0 Å². The van der Waals surface area contributed by atoms with Crippen LogP contribution < -0.4 is 4.74 Å². The lowest BCUT2D eigenvalue weighted by Crippen LogP contribution is -2.04. The summed E-state index contributed by atoms with van der Waals surface area (Å²) in [7, 11) is 1.51. The van der Waals surface area contributed by atoms with Crippen molar-refractivity contribution in [2.24, 2.45) is 0 Å². The monoisotopic (exact) mass is 455 g/mol. The molecule has 170 valence electrons. The number of carboxylic acid groups (broad SMARTS) is 1. The SMILES string of the molecule is COc1cc(C(=O)O)ccc1-c1nc2cc3[nH]ncc3cc2c(-c2ccc(F)cc2)c1C(C)C. The molecule has 0 bridgehead atoms. The number of methoxy groups -OCH3 is 1. The number of aromatic nitrogens is 3. The van der Waals surface area contributed by atoms with Gasteiger partial charge in [-0.15, -0.1) is 0 Å². The lowest BCUT2D eigenvalue weighted by molar-refractivity contribution is 0.0696. The Morgan fingerprint density at radius 3 is 2.53 bits per heavy atom. The largest absolute Gasteiger partial charge is 0.496 e. The molecule has 2 aromatic heterocycles. The molecule has 0 aliphatic carbocycles. The Hall–Kier alpha value is -4.26. The minimum atomic E-state index is -1.03. The number of carboxylic acids is 1. The van der Waals surface area contributed by atoms with Gasteiger partial charge in [-0.2, -0.15) is 5.10 Å². The number of carbonyl (C=O) groups is 1. The molecule has 0 saturated heterocycles. The number of nitrogens with one attached hydrogen (secondary N) is 1. The molecule has 0 spiro atoms. The molecule has 0 aliphatic heterocycles. The zero-order chi connectivity index (χ0) is 24.0. The van der Waals surface area contributed by atoms with E-state index in [-0.39, 0.29) is 17.3 Å². The first-order valence-electron chi connectivity index (χ1n) is 10.9. The van der Waals surface area contributed by atoms with Crippen LogP contribution in [0.2, 0.25) is 0 Å². The summed E-state index contributed by atoms with van der Waals surface area (Å²) in [5.74, 6) is -0.872. The number of hydrogen-bond acceptors (Lipinski definition) is 4. The van der Waals surface area contributed by atoms with Gasteiger partial charge in [0.2, 0.25) is 0 Å². The van der Waals surface area contributed by atoms with Crippen molar-refractivity contribution < 1.29 is 19.0 Å². The molecule has 5 rings (SSSR count). The van der Waals surface area contributed by atoms with Crippen molar-refractivity contribution >= 4 is 27.8 Å². The maximum Gasteiger partial charge on any atom is 0.335 e. The molecule has 0 aliphatic rings. The molecule has 0 unspecified atom stereocenters. The fraction of sp³-hybridized carbons (Fsp3) is 0.148. The van der Waals surface area contributed by atoms with Gasteiger partial charge in [0.25, 0.3) is 0 Å². The maximum absolute atomic E-state index is 13.8. The highest BCUT2D eigenvalue weighted by atomic mass is 19.1. The number of rotatable bonds is 5. The Morgan fingerprint density at radius 2 is 1.85 bits per heavy atom. The molecule has 0 saturated carbocycles. The molecular formula is C27H22FN3O3. The van der Waals surface area contributed by atoms with E-state index >= 15 is 0 Å². The van der Waals surface area contributed by atoms with Crippen molar-refractivity contribution in [3.63, 3.8) is 0 Å². The van der Waals surface area contributed by atoms with E-state index in [4.69, 9.17) is 9.72 Å². The molecule has 0 atom stereocenters. The Kier molecular flexibility index (Phi) is 5.24. The summed E-state index contributed by atoms with van der Waals surface area (Å²) in [5.41, 5.74) is 5.86. The second kappa shape index (κ2) is 8.26. The molecule has 7 heteroatoms. The average molecular weight is 455 g/mol. The summed E-state index contributed by atoms with van der Waals surface area (Å²) in [6.07, 6.45) is 1.76. The standard InChI is InChI=1S/C27H22FN3O3/c1-14(2)24-25(15-4-7-18(28)8-5-15)20-10-17-13-29-31-21(17)12-22(20)30-26(24)19-9-6-16(27(32)33)11-23(19)34-3/h4-14H,1-3H3,(H,29,31)(H,32,33). The summed E-state index contributed by atoms with van der Waals surface area (Å²) >= 11 is 0. The lowest BCUT2D eigenvalue weighted by Gasteiger charge is -2.22. The number of halogens is 1. The van der Waals surface area contributed by atoms with Gasteiger partial charge in [0.05, 0.1) is 35.6 Å². The van der Waals surface area contributed by atoms with Crippen LogP contribution >= 0.6 is 0 Å². The molecule has 2 N–H and O–H groups in total. The summed E-state index contributed by atoms with van der Waals surface area (Å²) < 4.78 is 19.4. The first kappa shape index (κ1) is 21.6. The van der Waals surface area contributed by atoms with Crippen LogP contribution in [0.1, 0.15) is 35.7 Å². The number of aromatic amines is 1. The van der Waals surface area contributed by atoms with E-state index in [1.54, 1.807) is 30.5 Å². The molecular weight excluding hydrogens is 433 g/mol. The third kappa shape index (κ3) is 3.55. The van der Waals surface area contributed by atoms with Crippen molar-refractivity contribution in [2.75, 3.05) is 7.11 Å². The predicted octanol–water partition coefficient (Wildman–Crippen LogP) is 6.41. The number of ether oxygens (including phenoxy) is 1. The van der Waals surface area contributed by atoms with Crippen LogP contribution in [0.5, 0.6) is 5.75 Å². The van der Waals surface area contributed by atoms with E-state index in [1.165, 1.54) is 25.3 Å². The highest BCUT2D eigenvalue weighted by molar-refractivity contribution is 6.05. The van der Waals surface area contributed by atoms with E-state index < -0.39 is 5.97 Å². The first-order valence-corrected chi connectivity index (χ1v) is 10.9. The zero-order valence-corrected chi connectivity index (χ0v) is 18.9. The first-order chi connectivity index (χ1) is 16.4. The fourth-order valence-electron chi connectivity index (χ4n) is 4.43. The maximum atomic E-state index is 13.8. The topological polar surface area (TPSA) is 88.1 Å². The minimum absolute atomic E-state index is 0.0517. The highest BCUT2D eigenvalue weighted by Gasteiger charge is 2.23. The predicted molar refractivity (Wildman–Crippen MR) is 130 cm³/mol. The molecule has 34 heavy (non-hydrogen) atoms. The van der Waals surface area contributed by atoms with Crippen molar-refractivity contribution in [3.05, 3.63) is 77.7 Å². The third-order valence-electron chi connectivity index (χ3n) is 6.00. The van der Waals surface area contributed by atoms with Gasteiger partial charge in [0, 0.05) is 16.3 Å². The summed E-state index contributed by atoms with van der Waals surface area (Å²) in [5, 5.41) is 18.4. The number of H-pyrrole nitrogens is 1. The van der Waals surface area contributed by atoms with Crippen LogP contribution in [0.3, 0.4) is 0 Å². The summed E-state index contributed by atoms with van der Waals surface area (Å²) in [6.45, 7) is 4.15. The Labute approximate surface area is 195 Å². The summed E-state index contributed by atoms with van der Waals surface area (Å²) in [6, 6.07) is 15.2. The number of aromatic carboxylic acids is 1. The van der Waals surface area contributed by atoms with Crippen molar-refractivity contribution in [1.29, 1.82) is 0 Å². The van der Waals surface area contributed by atoms with E-state index in [0.29, 0.717) is 17.0 Å². The van der Waals surface area contributed by atoms with Gasteiger partial charge < -0.3 is 9.84 Å². The normalized spacial score (nSPS) is 11.4. The molecule has 5 aromatic rings. The lowest BCUT2D eigenvalue weighted by atomic mass is 9.86. The summed E-state index contributed by atoms with van der Waals surface area (Å²) in [4.78, 5) is 16.6. The van der Waals surface area contributed by atoms with Gasteiger partial charge in [-0.1, -0.05) is 26.0 Å². The van der Waals surface area contributed by atoms with Gasteiger partial charge in [0.1, 0.15) is 11.6 Å². The highest BCUT2D eigenvalue weighted by Crippen LogP contribution is 2.44. The van der Waals surface area contributed by atoms with Crippen LogP contribution in [0, 0.1) is 5.82 Å². The Morgan fingerprint density at radius 1 is 1.09 bits per heavy atom. The molecule has 0 fully saturated rings. The van der Waals surface area contributed by atoms with E-state index in [0.717, 1.165) is 38.5 Å². The van der Waals surface area contributed by atoms with Crippen LogP contribution in [-0.4, -0.2) is 33.4 Å². The van der Waals surface area contributed by atoms with E-state index in [1.807, 2.05) is 12.1 Å². The van der Waals surface area contributed by atoms with Crippen LogP contribution in [0.25, 0.3) is 44.2 Å². The van der Waals surface area contributed by atoms with Crippen molar-refractivity contribution in [2.45, 2.75) is 19.8 Å². The Balaban J connectivity index is 1.93.